The van der Waals surface area contributed by atoms with Gasteiger partial charge in [-0.25, -0.2) is 0 Å². The van der Waals surface area contributed by atoms with Crippen LogP contribution in [0.2, 0.25) is 0 Å². The maximum absolute atomic E-state index is 11.2. The number of hydrogen-bond acceptors (Lipinski definition) is 2. The Morgan fingerprint density at radius 3 is 2.69 bits per heavy atom. The summed E-state index contributed by atoms with van der Waals surface area (Å²) in [4.78, 5) is 11.2. The largest absolute Gasteiger partial charge is 0.366 e. The van der Waals surface area contributed by atoms with Crippen LogP contribution < -0.4 is 11.1 Å². The SMILES string of the molecule is NC(=O)c1ccccc1CNC1CC=CC1. The molecule has 16 heavy (non-hydrogen) atoms. The van der Waals surface area contributed by atoms with E-state index in [1.807, 2.05) is 18.2 Å². The van der Waals surface area contributed by atoms with Crippen LogP contribution in [0.25, 0.3) is 0 Å². The molecule has 1 amide bonds. The van der Waals surface area contributed by atoms with E-state index in [0.29, 0.717) is 18.2 Å². The van der Waals surface area contributed by atoms with Crippen LogP contribution in [0, 0.1) is 0 Å². The van der Waals surface area contributed by atoms with Gasteiger partial charge in [-0.3, -0.25) is 4.79 Å². The molecule has 3 N–H and O–H groups in total. The fourth-order valence-electron chi connectivity index (χ4n) is 1.95. The van der Waals surface area contributed by atoms with Gasteiger partial charge in [-0.05, 0) is 24.5 Å². The summed E-state index contributed by atoms with van der Waals surface area (Å²) in [6.45, 7) is 0.700. The molecule has 3 heteroatoms. The number of nitrogens with one attached hydrogen (secondary N) is 1. The Morgan fingerprint density at radius 2 is 2.00 bits per heavy atom. The molecule has 0 fully saturated rings. The van der Waals surface area contributed by atoms with E-state index in [2.05, 4.69) is 17.5 Å². The van der Waals surface area contributed by atoms with Crippen molar-refractivity contribution in [1.82, 2.24) is 5.32 Å². The van der Waals surface area contributed by atoms with Crippen molar-refractivity contribution in [3.05, 3.63) is 47.5 Å². The first-order chi connectivity index (χ1) is 7.77. The quantitative estimate of drug-likeness (QED) is 0.751. The first kappa shape index (κ1) is 10.9. The van der Waals surface area contributed by atoms with Crippen LogP contribution >= 0.6 is 0 Å². The van der Waals surface area contributed by atoms with Crippen LogP contribution in [0.4, 0.5) is 0 Å². The Kier molecular flexibility index (Phi) is 3.37. The minimum Gasteiger partial charge on any atom is -0.366 e. The summed E-state index contributed by atoms with van der Waals surface area (Å²) in [5.41, 5.74) is 6.91. The maximum Gasteiger partial charge on any atom is 0.249 e. The predicted octanol–water partition coefficient (Wildman–Crippen LogP) is 1.59. The average Bonchev–Trinajstić information content (AvgIpc) is 2.79. The molecular weight excluding hydrogens is 200 g/mol. The Morgan fingerprint density at radius 1 is 1.31 bits per heavy atom. The van der Waals surface area contributed by atoms with E-state index in [9.17, 15) is 4.79 Å². The second-order valence-electron chi connectivity index (χ2n) is 4.04. The van der Waals surface area contributed by atoms with Crippen LogP contribution in [0.1, 0.15) is 28.8 Å². The first-order valence-corrected chi connectivity index (χ1v) is 5.53. The summed E-state index contributed by atoms with van der Waals surface area (Å²) < 4.78 is 0. The van der Waals surface area contributed by atoms with E-state index in [0.717, 1.165) is 18.4 Å². The summed E-state index contributed by atoms with van der Waals surface area (Å²) in [5.74, 6) is -0.359. The van der Waals surface area contributed by atoms with Crippen molar-refractivity contribution in [1.29, 1.82) is 0 Å². The normalized spacial score (nSPS) is 15.5. The second-order valence-corrected chi connectivity index (χ2v) is 4.04. The number of nitrogens with two attached hydrogens (primary N) is 1. The second kappa shape index (κ2) is 4.94. The molecular formula is C13H16N2O. The molecule has 1 aliphatic rings. The minimum atomic E-state index is -0.359. The molecule has 0 unspecified atom stereocenters. The van der Waals surface area contributed by atoms with Gasteiger partial charge in [0.2, 0.25) is 5.91 Å². The number of benzene rings is 1. The van der Waals surface area contributed by atoms with Gasteiger partial charge in [-0.15, -0.1) is 0 Å². The van der Waals surface area contributed by atoms with Gasteiger partial charge in [0.05, 0.1) is 0 Å². The van der Waals surface area contributed by atoms with Crippen molar-refractivity contribution in [2.24, 2.45) is 5.73 Å². The summed E-state index contributed by atoms with van der Waals surface area (Å²) in [6.07, 6.45) is 6.49. The van der Waals surface area contributed by atoms with E-state index in [1.54, 1.807) is 6.07 Å². The zero-order chi connectivity index (χ0) is 11.4. The van der Waals surface area contributed by atoms with Crippen molar-refractivity contribution in [3.63, 3.8) is 0 Å². The molecule has 0 aliphatic heterocycles. The molecule has 0 aromatic heterocycles. The highest BCUT2D eigenvalue weighted by Crippen LogP contribution is 2.12. The van der Waals surface area contributed by atoms with Gasteiger partial charge in [0.15, 0.2) is 0 Å². The smallest absolute Gasteiger partial charge is 0.249 e. The maximum atomic E-state index is 11.2. The highest BCUT2D eigenvalue weighted by Gasteiger charge is 2.11. The van der Waals surface area contributed by atoms with Crippen LogP contribution in [0.3, 0.4) is 0 Å². The van der Waals surface area contributed by atoms with Gasteiger partial charge in [0.25, 0.3) is 0 Å². The molecule has 1 aromatic rings. The zero-order valence-corrected chi connectivity index (χ0v) is 9.15. The number of primary amides is 1. The molecule has 0 saturated heterocycles. The van der Waals surface area contributed by atoms with Crippen LogP contribution in [0.5, 0.6) is 0 Å². The monoisotopic (exact) mass is 216 g/mol. The minimum absolute atomic E-state index is 0.359. The van der Waals surface area contributed by atoms with E-state index in [-0.39, 0.29) is 5.91 Å². The molecule has 84 valence electrons. The number of amides is 1. The Labute approximate surface area is 95.3 Å². The number of hydrogen-bond donors (Lipinski definition) is 2. The molecule has 2 rings (SSSR count). The molecule has 3 nitrogen and oxygen atoms in total. The lowest BCUT2D eigenvalue weighted by Crippen LogP contribution is -2.27. The number of carbonyl (C=O) groups is 1. The van der Waals surface area contributed by atoms with E-state index >= 15 is 0 Å². The average molecular weight is 216 g/mol. The van der Waals surface area contributed by atoms with Gasteiger partial charge in [0, 0.05) is 18.2 Å². The predicted molar refractivity (Wildman–Crippen MR) is 64.0 cm³/mol. The van der Waals surface area contributed by atoms with E-state index in [1.165, 1.54) is 0 Å². The van der Waals surface area contributed by atoms with Crippen molar-refractivity contribution in [2.45, 2.75) is 25.4 Å². The Balaban J connectivity index is 2.00. The van der Waals surface area contributed by atoms with Crippen LogP contribution in [0.15, 0.2) is 36.4 Å². The fraction of sp³-hybridized carbons (Fsp3) is 0.308. The topological polar surface area (TPSA) is 55.1 Å². The van der Waals surface area contributed by atoms with Gasteiger partial charge in [0.1, 0.15) is 0 Å². The molecule has 0 saturated carbocycles. The van der Waals surface area contributed by atoms with Crippen molar-refractivity contribution < 1.29 is 4.79 Å². The molecule has 0 atom stereocenters. The molecule has 0 heterocycles. The molecule has 1 aromatic carbocycles. The summed E-state index contributed by atoms with van der Waals surface area (Å²) in [6, 6.07) is 7.97. The Bertz CT molecular complexity index is 404. The third-order valence-corrected chi connectivity index (χ3v) is 2.87. The van der Waals surface area contributed by atoms with Gasteiger partial charge in [-0.2, -0.15) is 0 Å². The van der Waals surface area contributed by atoms with Gasteiger partial charge in [-0.1, -0.05) is 30.4 Å². The highest BCUT2D eigenvalue weighted by atomic mass is 16.1. The van der Waals surface area contributed by atoms with Crippen molar-refractivity contribution >= 4 is 5.91 Å². The standard InChI is InChI=1S/C13H16N2O/c14-13(16)12-8-4-1-5-10(12)9-15-11-6-2-3-7-11/h1-5,8,11,15H,6-7,9H2,(H2,14,16). The molecule has 1 aliphatic carbocycles. The van der Waals surface area contributed by atoms with E-state index in [4.69, 9.17) is 5.73 Å². The zero-order valence-electron chi connectivity index (χ0n) is 9.15. The summed E-state index contributed by atoms with van der Waals surface area (Å²) in [7, 11) is 0. The van der Waals surface area contributed by atoms with E-state index < -0.39 is 0 Å². The lowest BCUT2D eigenvalue weighted by molar-refractivity contribution is 0.0999. The van der Waals surface area contributed by atoms with Crippen LogP contribution in [-0.2, 0) is 6.54 Å². The summed E-state index contributed by atoms with van der Waals surface area (Å²) in [5, 5.41) is 3.42. The Hall–Kier alpha value is -1.61. The van der Waals surface area contributed by atoms with Gasteiger partial charge >= 0.3 is 0 Å². The molecule has 0 radical (unpaired) electrons. The first-order valence-electron chi connectivity index (χ1n) is 5.53. The number of rotatable bonds is 4. The number of carbonyl (C=O) groups excluding carboxylic acids is 1. The van der Waals surface area contributed by atoms with Gasteiger partial charge < -0.3 is 11.1 Å². The third-order valence-electron chi connectivity index (χ3n) is 2.87. The van der Waals surface area contributed by atoms with Crippen molar-refractivity contribution in [3.8, 4) is 0 Å². The van der Waals surface area contributed by atoms with Crippen molar-refractivity contribution in [2.75, 3.05) is 0 Å². The van der Waals surface area contributed by atoms with Crippen LogP contribution in [-0.4, -0.2) is 11.9 Å². The summed E-state index contributed by atoms with van der Waals surface area (Å²) >= 11 is 0. The molecule has 0 bridgehead atoms. The fourth-order valence-corrected chi connectivity index (χ4v) is 1.95. The highest BCUT2D eigenvalue weighted by molar-refractivity contribution is 5.94. The third kappa shape index (κ3) is 2.49. The molecule has 0 spiro atoms. The lowest BCUT2D eigenvalue weighted by atomic mass is 10.1. The lowest BCUT2D eigenvalue weighted by Gasteiger charge is -2.13.